The first kappa shape index (κ1) is 13.5. The summed E-state index contributed by atoms with van der Waals surface area (Å²) in [6, 6.07) is 6.25. The van der Waals surface area contributed by atoms with Crippen LogP contribution in [0.4, 0.5) is 5.69 Å². The average molecular weight is 255 g/mol. The molecule has 0 heterocycles. The van der Waals surface area contributed by atoms with Crippen molar-refractivity contribution >= 4 is 23.4 Å². The van der Waals surface area contributed by atoms with Crippen molar-refractivity contribution in [1.29, 1.82) is 0 Å². The van der Waals surface area contributed by atoms with Gasteiger partial charge in [0.1, 0.15) is 0 Å². The van der Waals surface area contributed by atoms with Crippen LogP contribution in [0.3, 0.4) is 0 Å². The molecular weight excluding hydrogens is 242 g/mol. The highest BCUT2D eigenvalue weighted by atomic mass is 32.2. The number of hydrogen-bond donors (Lipinski definition) is 0. The van der Waals surface area contributed by atoms with Crippen molar-refractivity contribution in [2.75, 3.05) is 12.4 Å². The van der Waals surface area contributed by atoms with Crippen LogP contribution in [0, 0.1) is 10.1 Å². The summed E-state index contributed by atoms with van der Waals surface area (Å²) in [5.74, 6) is 0.387. The van der Waals surface area contributed by atoms with Gasteiger partial charge in [-0.1, -0.05) is 0 Å². The van der Waals surface area contributed by atoms with Gasteiger partial charge in [-0.2, -0.15) is 0 Å². The topological polar surface area (TPSA) is 69.4 Å². The van der Waals surface area contributed by atoms with Crippen LogP contribution in [0.2, 0.25) is 0 Å². The molecule has 0 atom stereocenters. The lowest BCUT2D eigenvalue weighted by molar-refractivity contribution is -0.384. The summed E-state index contributed by atoms with van der Waals surface area (Å²) in [6.07, 6.45) is 0.343. The minimum absolute atomic E-state index is 0.0692. The largest absolute Gasteiger partial charge is 0.466 e. The summed E-state index contributed by atoms with van der Waals surface area (Å²) in [6.45, 7) is 2.16. The van der Waals surface area contributed by atoms with Gasteiger partial charge in [0.15, 0.2) is 0 Å². The zero-order valence-electron chi connectivity index (χ0n) is 9.42. The van der Waals surface area contributed by atoms with Crippen LogP contribution in [0.15, 0.2) is 29.2 Å². The van der Waals surface area contributed by atoms with Gasteiger partial charge in [0.05, 0.1) is 18.0 Å². The van der Waals surface area contributed by atoms with Gasteiger partial charge in [0.25, 0.3) is 5.69 Å². The van der Waals surface area contributed by atoms with E-state index in [0.717, 1.165) is 4.90 Å². The zero-order chi connectivity index (χ0) is 12.7. The number of hydrogen-bond acceptors (Lipinski definition) is 5. The minimum Gasteiger partial charge on any atom is -0.466 e. The van der Waals surface area contributed by atoms with E-state index in [-0.39, 0.29) is 11.7 Å². The zero-order valence-corrected chi connectivity index (χ0v) is 10.2. The van der Waals surface area contributed by atoms with Gasteiger partial charge in [0.2, 0.25) is 0 Å². The molecule has 0 spiro atoms. The maximum absolute atomic E-state index is 11.1. The molecule has 0 amide bonds. The molecule has 0 saturated carbocycles. The Labute approximate surface area is 103 Å². The summed E-state index contributed by atoms with van der Waals surface area (Å²) in [4.78, 5) is 21.9. The van der Waals surface area contributed by atoms with Gasteiger partial charge in [0, 0.05) is 22.8 Å². The quantitative estimate of drug-likeness (QED) is 0.338. The number of nitrogens with zero attached hydrogens (tertiary/aromatic N) is 1. The van der Waals surface area contributed by atoms with Crippen molar-refractivity contribution in [2.24, 2.45) is 0 Å². The maximum atomic E-state index is 11.1. The van der Waals surface area contributed by atoms with Crippen LogP contribution in [-0.4, -0.2) is 23.3 Å². The Hall–Kier alpha value is -1.56. The van der Waals surface area contributed by atoms with Crippen molar-refractivity contribution in [3.8, 4) is 0 Å². The number of esters is 1. The number of benzene rings is 1. The van der Waals surface area contributed by atoms with Crippen molar-refractivity contribution in [3.05, 3.63) is 34.4 Å². The van der Waals surface area contributed by atoms with Crippen LogP contribution < -0.4 is 0 Å². The van der Waals surface area contributed by atoms with E-state index in [0.29, 0.717) is 18.8 Å². The first-order chi connectivity index (χ1) is 8.13. The van der Waals surface area contributed by atoms with Crippen LogP contribution in [0.25, 0.3) is 0 Å². The first-order valence-corrected chi connectivity index (χ1v) is 6.15. The van der Waals surface area contributed by atoms with Gasteiger partial charge < -0.3 is 4.74 Å². The van der Waals surface area contributed by atoms with Gasteiger partial charge in [-0.3, -0.25) is 14.9 Å². The molecule has 0 aliphatic heterocycles. The third-order valence-electron chi connectivity index (χ3n) is 1.93. The van der Waals surface area contributed by atoms with Crippen LogP contribution >= 0.6 is 11.8 Å². The van der Waals surface area contributed by atoms with Gasteiger partial charge in [-0.15, -0.1) is 11.8 Å². The molecule has 92 valence electrons. The van der Waals surface area contributed by atoms with E-state index in [1.54, 1.807) is 19.1 Å². The van der Waals surface area contributed by atoms with Crippen molar-refractivity contribution in [1.82, 2.24) is 0 Å². The minimum atomic E-state index is -0.437. The average Bonchev–Trinajstić information content (AvgIpc) is 2.30. The molecule has 0 radical (unpaired) electrons. The summed E-state index contributed by atoms with van der Waals surface area (Å²) in [7, 11) is 0. The van der Waals surface area contributed by atoms with Gasteiger partial charge in [-0.05, 0) is 19.1 Å². The summed E-state index contributed by atoms with van der Waals surface area (Å²) in [5, 5.41) is 10.4. The summed E-state index contributed by atoms with van der Waals surface area (Å²) >= 11 is 1.47. The number of ether oxygens (including phenoxy) is 1. The van der Waals surface area contributed by atoms with E-state index in [4.69, 9.17) is 4.74 Å². The lowest BCUT2D eigenvalue weighted by atomic mass is 10.3. The second-order valence-corrected chi connectivity index (χ2v) is 4.32. The normalized spacial score (nSPS) is 9.94. The number of carbonyl (C=O) groups is 1. The first-order valence-electron chi connectivity index (χ1n) is 5.16. The molecule has 0 N–H and O–H groups in total. The fourth-order valence-corrected chi connectivity index (χ4v) is 1.98. The van der Waals surface area contributed by atoms with Crippen LogP contribution in [-0.2, 0) is 9.53 Å². The van der Waals surface area contributed by atoms with E-state index in [1.165, 1.54) is 23.9 Å². The highest BCUT2D eigenvalue weighted by Crippen LogP contribution is 2.21. The smallest absolute Gasteiger partial charge is 0.306 e. The van der Waals surface area contributed by atoms with E-state index >= 15 is 0 Å². The summed E-state index contributed by atoms with van der Waals surface area (Å²) in [5.41, 5.74) is 0.0692. The molecule has 6 heteroatoms. The number of nitro groups is 1. The van der Waals surface area contributed by atoms with Crippen molar-refractivity contribution < 1.29 is 14.5 Å². The molecule has 0 unspecified atom stereocenters. The van der Waals surface area contributed by atoms with Crippen LogP contribution in [0.1, 0.15) is 13.3 Å². The van der Waals surface area contributed by atoms with E-state index in [9.17, 15) is 14.9 Å². The number of non-ortho nitro benzene ring substituents is 1. The fourth-order valence-electron chi connectivity index (χ4n) is 1.15. The van der Waals surface area contributed by atoms with E-state index < -0.39 is 4.92 Å². The molecule has 1 aromatic carbocycles. The molecule has 0 aliphatic rings. The lowest BCUT2D eigenvalue weighted by Crippen LogP contribution is -2.04. The Morgan fingerprint density at radius 1 is 1.41 bits per heavy atom. The molecule has 0 fully saturated rings. The highest BCUT2D eigenvalue weighted by Gasteiger charge is 2.05. The van der Waals surface area contributed by atoms with Crippen molar-refractivity contribution in [2.45, 2.75) is 18.2 Å². The van der Waals surface area contributed by atoms with E-state index in [1.807, 2.05) is 0 Å². The number of nitro benzene ring substituents is 1. The molecule has 1 rings (SSSR count). The highest BCUT2D eigenvalue weighted by molar-refractivity contribution is 7.99. The second kappa shape index (κ2) is 6.90. The lowest BCUT2D eigenvalue weighted by Gasteiger charge is -2.02. The predicted molar refractivity (Wildman–Crippen MR) is 65.1 cm³/mol. The monoisotopic (exact) mass is 255 g/mol. The number of carbonyl (C=O) groups excluding carboxylic acids is 1. The third-order valence-corrected chi connectivity index (χ3v) is 2.94. The van der Waals surface area contributed by atoms with Crippen LogP contribution in [0.5, 0.6) is 0 Å². The predicted octanol–water partition coefficient (Wildman–Crippen LogP) is 2.64. The molecular formula is C11H13NO4S. The Balaban J connectivity index is 2.37. The molecule has 1 aromatic rings. The number of rotatable bonds is 6. The van der Waals surface area contributed by atoms with Crippen molar-refractivity contribution in [3.63, 3.8) is 0 Å². The van der Waals surface area contributed by atoms with Gasteiger partial charge in [-0.25, -0.2) is 0 Å². The molecule has 0 bridgehead atoms. The SMILES string of the molecule is CCOC(=O)CCSc1ccc([N+](=O)[O-])cc1. The third kappa shape index (κ3) is 4.86. The van der Waals surface area contributed by atoms with Gasteiger partial charge >= 0.3 is 5.97 Å². The molecule has 17 heavy (non-hydrogen) atoms. The van der Waals surface area contributed by atoms with E-state index in [2.05, 4.69) is 0 Å². The molecule has 0 aromatic heterocycles. The second-order valence-electron chi connectivity index (χ2n) is 3.15. The molecule has 0 saturated heterocycles. The fraction of sp³-hybridized carbons (Fsp3) is 0.364. The summed E-state index contributed by atoms with van der Waals surface area (Å²) < 4.78 is 4.79. The molecule has 5 nitrogen and oxygen atoms in total. The Bertz CT molecular complexity index is 391. The Morgan fingerprint density at radius 2 is 2.06 bits per heavy atom. The number of thioether (sulfide) groups is 1. The Morgan fingerprint density at radius 3 is 2.59 bits per heavy atom. The standard InChI is InChI=1S/C11H13NO4S/c1-2-16-11(13)7-8-17-10-5-3-9(4-6-10)12(14)15/h3-6H,2,7-8H2,1H3. The maximum Gasteiger partial charge on any atom is 0.306 e. The Kier molecular flexibility index (Phi) is 5.48. The molecule has 0 aliphatic carbocycles.